The molecule has 1 aliphatic heterocycles. The maximum absolute atomic E-state index is 12.6. The summed E-state index contributed by atoms with van der Waals surface area (Å²) in [7, 11) is 0. The number of hydrogen-bond acceptors (Lipinski definition) is 5. The molecule has 2 aromatic carbocycles. The van der Waals surface area contributed by atoms with Gasteiger partial charge in [-0.25, -0.2) is 4.68 Å². The van der Waals surface area contributed by atoms with E-state index in [1.807, 2.05) is 12.1 Å². The molecule has 6 nitrogen and oxygen atoms in total. The van der Waals surface area contributed by atoms with Crippen LogP contribution in [0.3, 0.4) is 0 Å². The predicted octanol–water partition coefficient (Wildman–Crippen LogP) is 2.26. The lowest BCUT2D eigenvalue weighted by Crippen LogP contribution is -2.25. The Morgan fingerprint density at radius 2 is 1.78 bits per heavy atom. The first-order chi connectivity index (χ1) is 11.2. The fraction of sp³-hybridized carbons (Fsp3) is 0.188. The van der Waals surface area contributed by atoms with Gasteiger partial charge in [0.1, 0.15) is 18.7 Å². The van der Waals surface area contributed by atoms with E-state index in [1.165, 1.54) is 4.68 Å². The summed E-state index contributed by atoms with van der Waals surface area (Å²) >= 11 is 5.87. The second-order valence-electron chi connectivity index (χ2n) is 5.19. The van der Waals surface area contributed by atoms with Gasteiger partial charge in [0.15, 0.2) is 11.5 Å². The highest BCUT2D eigenvalue weighted by atomic mass is 35.5. The third kappa shape index (κ3) is 2.61. The number of fused-ring (bicyclic) bond motifs is 2. The summed E-state index contributed by atoms with van der Waals surface area (Å²) < 4.78 is 12.3. The van der Waals surface area contributed by atoms with Crippen molar-refractivity contribution in [2.75, 3.05) is 13.2 Å². The highest BCUT2D eigenvalue weighted by Crippen LogP contribution is 2.32. The quantitative estimate of drug-likeness (QED) is 0.721. The molecular formula is C16H12ClN3O3. The minimum atomic E-state index is -0.220. The van der Waals surface area contributed by atoms with Gasteiger partial charge < -0.3 is 9.47 Å². The van der Waals surface area contributed by atoms with Crippen molar-refractivity contribution in [3.05, 3.63) is 57.3 Å². The first-order valence-electron chi connectivity index (χ1n) is 7.12. The largest absolute Gasteiger partial charge is 0.486 e. The molecule has 0 fully saturated rings. The van der Waals surface area contributed by atoms with Crippen LogP contribution in [0.4, 0.5) is 0 Å². The van der Waals surface area contributed by atoms with Crippen molar-refractivity contribution in [2.24, 2.45) is 0 Å². The van der Waals surface area contributed by atoms with Gasteiger partial charge in [-0.1, -0.05) is 28.9 Å². The SMILES string of the molecule is O=c1c2cc3c(cc2nnn1Cc1ccc(Cl)cc1)OCCO3. The molecule has 0 N–H and O–H groups in total. The highest BCUT2D eigenvalue weighted by molar-refractivity contribution is 6.30. The van der Waals surface area contributed by atoms with E-state index in [4.69, 9.17) is 21.1 Å². The first-order valence-corrected chi connectivity index (χ1v) is 7.50. The Bertz CT molecular complexity index is 938. The van der Waals surface area contributed by atoms with E-state index in [2.05, 4.69) is 10.3 Å². The van der Waals surface area contributed by atoms with Crippen LogP contribution in [0.1, 0.15) is 5.56 Å². The normalized spacial score (nSPS) is 13.3. The molecule has 0 saturated carbocycles. The second kappa shape index (κ2) is 5.55. The van der Waals surface area contributed by atoms with Crippen LogP contribution in [-0.4, -0.2) is 28.2 Å². The third-order valence-corrected chi connectivity index (χ3v) is 3.88. The van der Waals surface area contributed by atoms with Crippen LogP contribution in [0.2, 0.25) is 5.02 Å². The molecule has 0 amide bonds. The molecule has 3 aromatic rings. The summed E-state index contributed by atoms with van der Waals surface area (Å²) in [6.45, 7) is 1.28. The zero-order valence-corrected chi connectivity index (χ0v) is 12.8. The van der Waals surface area contributed by atoms with Crippen LogP contribution >= 0.6 is 11.6 Å². The summed E-state index contributed by atoms with van der Waals surface area (Å²) in [5, 5.41) is 9.22. The number of halogens is 1. The van der Waals surface area contributed by atoms with Crippen molar-refractivity contribution in [3.8, 4) is 11.5 Å². The van der Waals surface area contributed by atoms with Crippen molar-refractivity contribution in [1.29, 1.82) is 0 Å². The highest BCUT2D eigenvalue weighted by Gasteiger charge is 2.16. The van der Waals surface area contributed by atoms with Crippen LogP contribution in [0.25, 0.3) is 10.9 Å². The third-order valence-electron chi connectivity index (χ3n) is 3.63. The molecule has 0 bridgehead atoms. The molecule has 0 saturated heterocycles. The lowest BCUT2D eigenvalue weighted by Gasteiger charge is -2.18. The Kier molecular flexibility index (Phi) is 3.38. The molecule has 0 unspecified atom stereocenters. The fourth-order valence-corrected chi connectivity index (χ4v) is 2.61. The van der Waals surface area contributed by atoms with Gasteiger partial charge in [-0.15, -0.1) is 5.10 Å². The lowest BCUT2D eigenvalue weighted by atomic mass is 10.2. The van der Waals surface area contributed by atoms with Crippen LogP contribution < -0.4 is 15.0 Å². The maximum Gasteiger partial charge on any atom is 0.278 e. The summed E-state index contributed by atoms with van der Waals surface area (Å²) in [6.07, 6.45) is 0. The van der Waals surface area contributed by atoms with E-state index >= 15 is 0 Å². The topological polar surface area (TPSA) is 66.2 Å². The fourth-order valence-electron chi connectivity index (χ4n) is 2.48. The van der Waals surface area contributed by atoms with Gasteiger partial charge in [-0.3, -0.25) is 4.79 Å². The van der Waals surface area contributed by atoms with Crippen molar-refractivity contribution in [1.82, 2.24) is 15.0 Å². The number of ether oxygens (including phenoxy) is 2. The number of rotatable bonds is 2. The number of benzene rings is 2. The van der Waals surface area contributed by atoms with Crippen LogP contribution in [-0.2, 0) is 6.54 Å². The first kappa shape index (κ1) is 14.0. The van der Waals surface area contributed by atoms with E-state index < -0.39 is 0 Å². The Balaban J connectivity index is 1.78. The summed E-state index contributed by atoms with van der Waals surface area (Å²) in [5.74, 6) is 1.15. The summed E-state index contributed by atoms with van der Waals surface area (Å²) in [6, 6.07) is 10.6. The van der Waals surface area contributed by atoms with Crippen LogP contribution in [0, 0.1) is 0 Å². The summed E-state index contributed by atoms with van der Waals surface area (Å²) in [5.41, 5.74) is 1.19. The van der Waals surface area contributed by atoms with Crippen LogP contribution in [0.5, 0.6) is 11.5 Å². The van der Waals surface area contributed by atoms with E-state index in [0.717, 1.165) is 5.56 Å². The van der Waals surface area contributed by atoms with Crippen molar-refractivity contribution in [2.45, 2.75) is 6.54 Å². The Hall–Kier alpha value is -2.60. The molecule has 0 spiro atoms. The van der Waals surface area contributed by atoms with Gasteiger partial charge in [0.05, 0.1) is 11.9 Å². The maximum atomic E-state index is 12.6. The van der Waals surface area contributed by atoms with E-state index in [0.29, 0.717) is 47.2 Å². The van der Waals surface area contributed by atoms with E-state index in [-0.39, 0.29) is 5.56 Å². The molecule has 7 heteroatoms. The molecule has 0 radical (unpaired) electrons. The zero-order chi connectivity index (χ0) is 15.8. The van der Waals surface area contributed by atoms with E-state index in [1.54, 1.807) is 24.3 Å². The standard InChI is InChI=1S/C16H12ClN3O3/c17-11-3-1-10(2-4-11)9-20-16(21)12-7-14-15(23-6-5-22-14)8-13(12)18-19-20/h1-4,7-8H,5-6,9H2. The molecule has 0 atom stereocenters. The Morgan fingerprint density at radius 1 is 1.09 bits per heavy atom. The molecule has 0 aliphatic carbocycles. The van der Waals surface area contributed by atoms with E-state index in [9.17, 15) is 4.79 Å². The number of hydrogen-bond donors (Lipinski definition) is 0. The number of aromatic nitrogens is 3. The molecule has 1 aliphatic rings. The van der Waals surface area contributed by atoms with Crippen molar-refractivity contribution < 1.29 is 9.47 Å². The Labute approximate surface area is 136 Å². The summed E-state index contributed by atoms with van der Waals surface area (Å²) in [4.78, 5) is 12.6. The smallest absolute Gasteiger partial charge is 0.278 e. The molecule has 23 heavy (non-hydrogen) atoms. The minimum absolute atomic E-state index is 0.220. The van der Waals surface area contributed by atoms with Gasteiger partial charge >= 0.3 is 0 Å². The molecule has 1 aromatic heterocycles. The minimum Gasteiger partial charge on any atom is -0.486 e. The average molecular weight is 330 g/mol. The average Bonchev–Trinajstić information content (AvgIpc) is 2.58. The Morgan fingerprint density at radius 3 is 2.52 bits per heavy atom. The lowest BCUT2D eigenvalue weighted by molar-refractivity contribution is 0.172. The molecule has 2 heterocycles. The van der Waals surface area contributed by atoms with Gasteiger partial charge in [0, 0.05) is 11.1 Å². The predicted molar refractivity (Wildman–Crippen MR) is 85.3 cm³/mol. The van der Waals surface area contributed by atoms with Crippen molar-refractivity contribution in [3.63, 3.8) is 0 Å². The van der Waals surface area contributed by atoms with Crippen molar-refractivity contribution >= 4 is 22.5 Å². The van der Waals surface area contributed by atoms with Gasteiger partial charge in [0.2, 0.25) is 0 Å². The zero-order valence-electron chi connectivity index (χ0n) is 12.0. The van der Waals surface area contributed by atoms with Gasteiger partial charge in [-0.2, -0.15) is 0 Å². The van der Waals surface area contributed by atoms with Crippen LogP contribution in [0.15, 0.2) is 41.2 Å². The molecular weight excluding hydrogens is 318 g/mol. The van der Waals surface area contributed by atoms with Gasteiger partial charge in [-0.05, 0) is 23.8 Å². The molecule has 4 rings (SSSR count). The monoisotopic (exact) mass is 329 g/mol. The van der Waals surface area contributed by atoms with Gasteiger partial charge in [0.25, 0.3) is 5.56 Å². The number of nitrogens with zero attached hydrogens (tertiary/aromatic N) is 3. The second-order valence-corrected chi connectivity index (χ2v) is 5.63. The molecule has 116 valence electrons.